The summed E-state index contributed by atoms with van der Waals surface area (Å²) >= 11 is 0. The second kappa shape index (κ2) is 36.2. The lowest BCUT2D eigenvalue weighted by atomic mass is 10.1. The molecule has 0 aliphatic carbocycles. The van der Waals surface area contributed by atoms with Crippen LogP contribution in [0.5, 0.6) is 0 Å². The fourth-order valence-corrected chi connectivity index (χ4v) is 15.7. The minimum atomic E-state index is -4.24. The van der Waals surface area contributed by atoms with Crippen molar-refractivity contribution in [2.45, 2.75) is 174 Å². The van der Waals surface area contributed by atoms with Gasteiger partial charge in [-0.05, 0) is 161 Å². The molecule has 76 heavy (non-hydrogen) atoms. The molecule has 0 bridgehead atoms. The highest BCUT2D eigenvalue weighted by atomic mass is 32.2. The Balaban J connectivity index is 0.000000298. The predicted molar refractivity (Wildman–Crippen MR) is 330 cm³/mol. The molecule has 0 aliphatic heterocycles. The van der Waals surface area contributed by atoms with Crippen LogP contribution in [0.3, 0.4) is 0 Å². The summed E-state index contributed by atoms with van der Waals surface area (Å²) in [4.78, 5) is 2.66. The van der Waals surface area contributed by atoms with Crippen LogP contribution >= 0.6 is 15.8 Å². The van der Waals surface area contributed by atoms with Gasteiger partial charge < -0.3 is 11.1 Å². The molecule has 6 aromatic rings. The third-order valence-corrected chi connectivity index (χ3v) is 20.9. The number of rotatable bonds is 29. The van der Waals surface area contributed by atoms with Gasteiger partial charge in [-0.25, -0.2) is 0 Å². The van der Waals surface area contributed by atoms with Crippen LogP contribution in [-0.4, -0.2) is 50.5 Å². The fourth-order valence-electron chi connectivity index (χ4n) is 9.26. The van der Waals surface area contributed by atoms with Gasteiger partial charge in [0.25, 0.3) is 20.2 Å². The van der Waals surface area contributed by atoms with Crippen LogP contribution in [0, 0.1) is 27.7 Å². The Hall–Kier alpha value is -4.08. The standard InChI is InChI=1S/C24H51N.2C20H19O3PS.H3N/c1-4-7-10-13-16-19-22-25(23-20-17-14-11-8-5-2)24-21-18-15-12-9-6-3;2*1-15-8-6-7-11-19(15)24(17-9-4-3-5-10-17)20-14-18(25(21,22)23)13-12-16(20)2;/h4-24H2,1-3H3;2*3-14H,1-2H3,(H,21,22,23);1H3. The lowest BCUT2D eigenvalue weighted by Crippen LogP contribution is -2.27. The molecule has 0 fully saturated rings. The van der Waals surface area contributed by atoms with Crippen LogP contribution in [0.1, 0.15) is 159 Å². The van der Waals surface area contributed by atoms with Gasteiger partial charge >= 0.3 is 0 Å². The third-order valence-electron chi connectivity index (χ3n) is 13.7. The Bertz CT molecular complexity index is 2570. The summed E-state index contributed by atoms with van der Waals surface area (Å²) in [7, 11) is -10.3. The van der Waals surface area contributed by atoms with Gasteiger partial charge in [0.05, 0.1) is 9.79 Å². The summed E-state index contributed by atoms with van der Waals surface area (Å²) in [5.74, 6) is 0. The highest BCUT2D eigenvalue weighted by Crippen LogP contribution is 2.37. The van der Waals surface area contributed by atoms with E-state index in [0.29, 0.717) is 0 Å². The molecule has 6 rings (SSSR count). The van der Waals surface area contributed by atoms with Crippen LogP contribution in [0.2, 0.25) is 0 Å². The van der Waals surface area contributed by atoms with E-state index >= 15 is 0 Å². The first kappa shape index (κ1) is 66.2. The fraction of sp³-hybridized carbons (Fsp3) is 0.438. The normalized spacial score (nSPS) is 12.2. The topological polar surface area (TPSA) is 147 Å². The van der Waals surface area contributed by atoms with Crippen LogP contribution in [0.15, 0.2) is 155 Å². The van der Waals surface area contributed by atoms with Gasteiger partial charge in [-0.1, -0.05) is 238 Å². The second-order valence-corrected chi connectivity index (χ2v) is 27.1. The smallest absolute Gasteiger partial charge is 0.294 e. The van der Waals surface area contributed by atoms with Crippen LogP contribution in [0.25, 0.3) is 0 Å². The van der Waals surface area contributed by atoms with Gasteiger partial charge in [0.15, 0.2) is 0 Å². The van der Waals surface area contributed by atoms with Gasteiger partial charge in [0, 0.05) is 0 Å². The number of benzene rings is 6. The van der Waals surface area contributed by atoms with Gasteiger partial charge in [0.2, 0.25) is 0 Å². The molecule has 12 heteroatoms. The Morgan fingerprint density at radius 3 is 0.934 bits per heavy atom. The quantitative estimate of drug-likeness (QED) is 0.0239. The van der Waals surface area contributed by atoms with Crippen molar-refractivity contribution in [3.63, 3.8) is 0 Å². The zero-order chi connectivity index (χ0) is 54.5. The first-order valence-corrected chi connectivity index (χ1v) is 33.4. The van der Waals surface area contributed by atoms with E-state index in [1.54, 1.807) is 24.3 Å². The molecule has 5 N–H and O–H groups in total. The van der Waals surface area contributed by atoms with E-state index < -0.39 is 36.1 Å². The summed E-state index contributed by atoms with van der Waals surface area (Å²) in [6, 6.07) is 46.1. The van der Waals surface area contributed by atoms with Crippen LogP contribution in [0.4, 0.5) is 0 Å². The minimum absolute atomic E-state index is 0. The van der Waals surface area contributed by atoms with Crippen molar-refractivity contribution in [1.29, 1.82) is 0 Å². The van der Waals surface area contributed by atoms with Crippen LogP contribution in [-0.2, 0) is 20.2 Å². The summed E-state index contributed by atoms with van der Waals surface area (Å²) in [5, 5.41) is 6.51. The third kappa shape index (κ3) is 23.1. The van der Waals surface area contributed by atoms with E-state index in [0.717, 1.165) is 43.5 Å². The molecule has 0 spiro atoms. The van der Waals surface area contributed by atoms with E-state index in [-0.39, 0.29) is 15.9 Å². The van der Waals surface area contributed by atoms with Gasteiger partial charge in [-0.2, -0.15) is 16.8 Å². The SMILES string of the molecule is CCCCCCCCN(CCCCCCCC)CCCCCCCC.Cc1ccccc1P(c1ccccc1)c1cc(S(=O)(=O)O)ccc1C.Cc1ccccc1P(c1ccccc1)c1cc(S(=O)(=O)O)ccc1C.N. The lowest BCUT2D eigenvalue weighted by molar-refractivity contribution is 0.254. The number of unbranched alkanes of at least 4 members (excludes halogenated alkanes) is 15. The van der Waals surface area contributed by atoms with Crippen molar-refractivity contribution < 1.29 is 25.9 Å². The molecule has 0 radical (unpaired) electrons. The molecule has 0 amide bonds. The van der Waals surface area contributed by atoms with Gasteiger partial charge in [-0.15, -0.1) is 0 Å². The zero-order valence-electron chi connectivity index (χ0n) is 47.1. The number of hydrogen-bond acceptors (Lipinski definition) is 6. The maximum atomic E-state index is 11.6. The van der Waals surface area contributed by atoms with Gasteiger partial charge in [-0.3, -0.25) is 9.11 Å². The summed E-state index contributed by atoms with van der Waals surface area (Å²) in [6.45, 7) is 19.1. The molecule has 2 unspecified atom stereocenters. The Labute approximate surface area is 463 Å². The van der Waals surface area contributed by atoms with Crippen molar-refractivity contribution in [2.24, 2.45) is 0 Å². The maximum Gasteiger partial charge on any atom is 0.294 e. The summed E-state index contributed by atoms with van der Waals surface area (Å²) in [5.41, 5.74) is 4.33. The molecule has 2 atom stereocenters. The molecular weight excluding hydrogens is 1020 g/mol. The molecule has 8 nitrogen and oxygen atoms in total. The van der Waals surface area contributed by atoms with Gasteiger partial charge in [0.1, 0.15) is 0 Å². The minimum Gasteiger partial charge on any atom is -0.344 e. The monoisotopic (exact) mass is 1110 g/mol. The van der Waals surface area contributed by atoms with Crippen molar-refractivity contribution in [3.05, 3.63) is 168 Å². The summed E-state index contributed by atoms with van der Waals surface area (Å²) in [6.07, 6.45) is 25.7. The Kier molecular flexibility index (Phi) is 31.5. The van der Waals surface area contributed by atoms with E-state index in [4.69, 9.17) is 0 Å². The maximum absolute atomic E-state index is 11.6. The largest absolute Gasteiger partial charge is 0.344 e. The first-order chi connectivity index (χ1) is 36.1. The van der Waals surface area contributed by atoms with Crippen molar-refractivity contribution in [3.8, 4) is 0 Å². The van der Waals surface area contributed by atoms with E-state index in [1.807, 2.05) is 74.5 Å². The van der Waals surface area contributed by atoms with E-state index in [9.17, 15) is 25.9 Å². The molecule has 0 heterocycles. The number of hydrogen-bond donors (Lipinski definition) is 3. The number of nitrogens with zero attached hydrogens (tertiary/aromatic N) is 1. The average molecular weight is 1110 g/mol. The lowest BCUT2D eigenvalue weighted by Gasteiger charge is -2.23. The number of aryl methyl sites for hydroxylation is 4. The first-order valence-electron chi connectivity index (χ1n) is 27.8. The van der Waals surface area contributed by atoms with Crippen molar-refractivity contribution >= 4 is 67.9 Å². The zero-order valence-corrected chi connectivity index (χ0v) is 50.5. The summed E-state index contributed by atoms with van der Waals surface area (Å²) < 4.78 is 65.4. The highest BCUT2D eigenvalue weighted by molar-refractivity contribution is 7.86. The molecule has 0 aromatic heterocycles. The molecule has 0 saturated heterocycles. The van der Waals surface area contributed by atoms with E-state index in [1.165, 1.54) is 158 Å². The molecule has 0 aliphatic rings. The molecule has 0 saturated carbocycles. The highest BCUT2D eigenvalue weighted by Gasteiger charge is 2.24. The Morgan fingerprint density at radius 1 is 0.355 bits per heavy atom. The van der Waals surface area contributed by atoms with E-state index in [2.05, 4.69) is 88.0 Å². The predicted octanol–water partition coefficient (Wildman–Crippen LogP) is 15.1. The van der Waals surface area contributed by atoms with Crippen molar-refractivity contribution in [1.82, 2.24) is 11.1 Å². The molecule has 416 valence electrons. The average Bonchev–Trinajstić information content (AvgIpc) is 3.39. The Morgan fingerprint density at radius 2 is 0.632 bits per heavy atom. The molecule has 6 aromatic carbocycles. The van der Waals surface area contributed by atoms with Crippen molar-refractivity contribution in [2.75, 3.05) is 19.6 Å². The second-order valence-electron chi connectivity index (χ2n) is 19.9. The molecular formula is C64H92N2O6P2S2. The van der Waals surface area contributed by atoms with Crippen LogP contribution < -0.4 is 38.0 Å².